The molecule has 0 radical (unpaired) electrons. The van der Waals surface area contributed by atoms with Crippen LogP contribution in [-0.2, 0) is 7.05 Å². The molecule has 3 aromatic rings. The summed E-state index contributed by atoms with van der Waals surface area (Å²) < 4.78 is 1.43. The number of piperidine rings is 1. The molecule has 0 spiro atoms. The lowest BCUT2D eigenvalue weighted by Crippen LogP contribution is -2.40. The first-order valence-electron chi connectivity index (χ1n) is 9.48. The summed E-state index contributed by atoms with van der Waals surface area (Å²) in [6.07, 6.45) is 1.51. The van der Waals surface area contributed by atoms with Crippen LogP contribution in [-0.4, -0.2) is 33.8 Å². The van der Waals surface area contributed by atoms with Gasteiger partial charge < -0.3 is 19.9 Å². The van der Waals surface area contributed by atoms with Crippen LogP contribution in [0.25, 0.3) is 11.0 Å². The van der Waals surface area contributed by atoms with Gasteiger partial charge in [-0.25, -0.2) is 4.98 Å². The Morgan fingerprint density at radius 3 is 2.63 bits per heavy atom. The van der Waals surface area contributed by atoms with E-state index in [1.807, 2.05) is 4.90 Å². The lowest BCUT2D eigenvalue weighted by Gasteiger charge is -2.35. The van der Waals surface area contributed by atoms with Crippen LogP contribution in [0.4, 0.5) is 11.4 Å². The van der Waals surface area contributed by atoms with Crippen molar-refractivity contribution in [3.05, 3.63) is 56.4 Å². The number of fused-ring (bicyclic) bond motifs is 1. The van der Waals surface area contributed by atoms with E-state index in [1.165, 1.54) is 10.6 Å². The molecule has 3 heterocycles. The Kier molecular flexibility index (Phi) is 5.46. The molecule has 1 fully saturated rings. The molecule has 9 heteroatoms. The molecule has 30 heavy (non-hydrogen) atoms. The number of nitrogens with one attached hydrogen (secondary N) is 1. The molecule has 154 valence electrons. The number of phenolic OH excluding ortho intramolecular Hbond substituents is 1. The van der Waals surface area contributed by atoms with E-state index in [2.05, 4.69) is 16.4 Å². The number of nitrogens with zero attached hydrogens (tertiary/aromatic N) is 4. The SMILES string of the molecule is Cn1c(=O)c(C#N)c(N2CCC(Nc3ccc(Cl)cc3O)CC2)c2nc(Cl)ccc21. The van der Waals surface area contributed by atoms with E-state index in [9.17, 15) is 15.2 Å². The zero-order chi connectivity index (χ0) is 21.4. The third-order valence-electron chi connectivity index (χ3n) is 5.42. The van der Waals surface area contributed by atoms with Gasteiger partial charge in [0.25, 0.3) is 5.56 Å². The number of anilines is 2. The normalized spacial score (nSPS) is 14.7. The predicted molar refractivity (Wildman–Crippen MR) is 119 cm³/mol. The molecule has 0 bridgehead atoms. The summed E-state index contributed by atoms with van der Waals surface area (Å²) in [5.41, 5.74) is 2.05. The van der Waals surface area contributed by atoms with Crippen molar-refractivity contribution in [2.45, 2.75) is 18.9 Å². The van der Waals surface area contributed by atoms with Crippen LogP contribution in [0.15, 0.2) is 35.1 Å². The zero-order valence-corrected chi connectivity index (χ0v) is 17.7. The van der Waals surface area contributed by atoms with Crippen LogP contribution in [0.1, 0.15) is 18.4 Å². The maximum absolute atomic E-state index is 12.7. The molecule has 0 amide bonds. The van der Waals surface area contributed by atoms with Crippen LogP contribution in [0, 0.1) is 11.3 Å². The lowest BCUT2D eigenvalue weighted by molar-refractivity contribution is 0.472. The molecular weight excluding hydrogens is 425 g/mol. The van der Waals surface area contributed by atoms with Gasteiger partial charge in [0.05, 0.1) is 16.9 Å². The van der Waals surface area contributed by atoms with Crippen molar-refractivity contribution in [2.75, 3.05) is 23.3 Å². The van der Waals surface area contributed by atoms with Gasteiger partial charge in [-0.1, -0.05) is 23.2 Å². The van der Waals surface area contributed by atoms with Gasteiger partial charge in [-0.15, -0.1) is 0 Å². The van der Waals surface area contributed by atoms with Crippen molar-refractivity contribution in [1.29, 1.82) is 5.26 Å². The molecule has 2 N–H and O–H groups in total. The van der Waals surface area contributed by atoms with Crippen LogP contribution in [0.2, 0.25) is 10.2 Å². The Morgan fingerprint density at radius 1 is 1.23 bits per heavy atom. The maximum atomic E-state index is 12.7. The number of pyridine rings is 2. The van der Waals surface area contributed by atoms with Crippen molar-refractivity contribution in [3.8, 4) is 11.8 Å². The third-order valence-corrected chi connectivity index (χ3v) is 5.87. The van der Waals surface area contributed by atoms with Crippen molar-refractivity contribution < 1.29 is 5.11 Å². The first-order valence-corrected chi connectivity index (χ1v) is 10.2. The van der Waals surface area contributed by atoms with E-state index < -0.39 is 0 Å². The highest BCUT2D eigenvalue weighted by Gasteiger charge is 2.26. The van der Waals surface area contributed by atoms with Gasteiger partial charge in [-0.2, -0.15) is 5.26 Å². The zero-order valence-electron chi connectivity index (χ0n) is 16.2. The summed E-state index contributed by atoms with van der Waals surface area (Å²) >= 11 is 12.0. The molecule has 7 nitrogen and oxygen atoms in total. The Bertz CT molecular complexity index is 1230. The van der Waals surface area contributed by atoms with E-state index in [-0.39, 0.29) is 22.9 Å². The number of hydrogen-bond acceptors (Lipinski definition) is 6. The Morgan fingerprint density at radius 2 is 1.97 bits per heavy atom. The minimum atomic E-state index is -0.351. The van der Waals surface area contributed by atoms with Gasteiger partial charge in [0.15, 0.2) is 0 Å². The van der Waals surface area contributed by atoms with Crippen LogP contribution in [0.3, 0.4) is 0 Å². The minimum absolute atomic E-state index is 0.0709. The Balaban J connectivity index is 1.63. The highest BCUT2D eigenvalue weighted by molar-refractivity contribution is 6.30. The number of hydrogen-bond donors (Lipinski definition) is 2. The van der Waals surface area contributed by atoms with Gasteiger partial charge in [-0.05, 0) is 37.1 Å². The van der Waals surface area contributed by atoms with Gasteiger partial charge in [-0.3, -0.25) is 4.79 Å². The molecule has 2 aromatic heterocycles. The number of aromatic hydroxyl groups is 1. The average molecular weight is 444 g/mol. The number of rotatable bonds is 3. The summed E-state index contributed by atoms with van der Waals surface area (Å²) in [5, 5.41) is 23.9. The fraction of sp³-hybridized carbons (Fsp3) is 0.286. The first-order chi connectivity index (χ1) is 14.4. The first kappa shape index (κ1) is 20.3. The number of aryl methyl sites for hydroxylation is 1. The summed E-state index contributed by atoms with van der Waals surface area (Å²) in [6, 6.07) is 10.5. The smallest absolute Gasteiger partial charge is 0.270 e. The van der Waals surface area contributed by atoms with E-state index >= 15 is 0 Å². The van der Waals surface area contributed by atoms with Crippen LogP contribution >= 0.6 is 23.2 Å². The fourth-order valence-corrected chi connectivity index (χ4v) is 4.19. The van der Waals surface area contributed by atoms with Crippen molar-refractivity contribution in [2.24, 2.45) is 7.05 Å². The molecule has 1 aliphatic heterocycles. The maximum Gasteiger partial charge on any atom is 0.270 e. The second-order valence-corrected chi connectivity index (χ2v) is 8.09. The van der Waals surface area contributed by atoms with E-state index in [0.29, 0.717) is 45.7 Å². The molecule has 1 aliphatic rings. The quantitative estimate of drug-likeness (QED) is 0.470. The van der Waals surface area contributed by atoms with Crippen molar-refractivity contribution in [3.63, 3.8) is 0 Å². The lowest BCUT2D eigenvalue weighted by atomic mass is 10.0. The molecule has 0 aliphatic carbocycles. The second-order valence-electron chi connectivity index (χ2n) is 7.27. The molecular formula is C21H19Cl2N5O2. The number of phenols is 1. The molecule has 0 unspecified atom stereocenters. The summed E-state index contributed by atoms with van der Waals surface area (Å²) in [4.78, 5) is 19.2. The van der Waals surface area contributed by atoms with Crippen molar-refractivity contribution >= 4 is 45.6 Å². The summed E-state index contributed by atoms with van der Waals surface area (Å²) in [5.74, 6) is 0.105. The highest BCUT2D eigenvalue weighted by Crippen LogP contribution is 2.32. The van der Waals surface area contributed by atoms with Gasteiger partial charge >= 0.3 is 0 Å². The third kappa shape index (κ3) is 3.64. The number of nitriles is 1. The Labute approximate surface area is 183 Å². The van der Waals surface area contributed by atoms with Crippen LogP contribution in [0.5, 0.6) is 5.75 Å². The molecule has 1 saturated heterocycles. The largest absolute Gasteiger partial charge is 0.506 e. The summed E-state index contributed by atoms with van der Waals surface area (Å²) in [7, 11) is 1.62. The van der Waals surface area contributed by atoms with E-state index in [4.69, 9.17) is 23.2 Å². The van der Waals surface area contributed by atoms with Crippen molar-refractivity contribution in [1.82, 2.24) is 9.55 Å². The topological polar surface area (TPSA) is 94.2 Å². The standard InChI is InChI=1S/C21H19Cl2N5O2/c1-27-16-4-5-18(23)26-19(16)20(14(11-24)21(27)30)28-8-6-13(7-9-28)25-15-3-2-12(22)10-17(15)29/h2-5,10,13,25,29H,6-9H2,1H3. The predicted octanol–water partition coefficient (Wildman–Crippen LogP) is 3.90. The van der Waals surface area contributed by atoms with Crippen LogP contribution < -0.4 is 15.8 Å². The minimum Gasteiger partial charge on any atom is -0.506 e. The average Bonchev–Trinajstić information content (AvgIpc) is 2.73. The fourth-order valence-electron chi connectivity index (χ4n) is 3.87. The van der Waals surface area contributed by atoms with E-state index in [1.54, 1.807) is 31.3 Å². The molecule has 1 aromatic carbocycles. The highest BCUT2D eigenvalue weighted by atomic mass is 35.5. The van der Waals surface area contributed by atoms with E-state index in [0.717, 1.165) is 12.8 Å². The second kappa shape index (κ2) is 8.05. The molecule has 0 saturated carbocycles. The monoisotopic (exact) mass is 443 g/mol. The van der Waals surface area contributed by atoms with Gasteiger partial charge in [0.2, 0.25) is 0 Å². The summed E-state index contributed by atoms with van der Waals surface area (Å²) in [6.45, 7) is 1.24. The number of halogens is 2. The Hall–Kier alpha value is -2.95. The molecule has 0 atom stereocenters. The van der Waals surface area contributed by atoms with Gasteiger partial charge in [0.1, 0.15) is 28.1 Å². The molecule has 4 rings (SSSR count). The van der Waals surface area contributed by atoms with Gasteiger partial charge in [0, 0.05) is 37.3 Å². The number of benzene rings is 1. The number of aromatic nitrogens is 2.